The number of hydrogen-bond donors (Lipinski definition) is 1. The van der Waals surface area contributed by atoms with Crippen LogP contribution in [0.15, 0.2) is 56.8 Å². The van der Waals surface area contributed by atoms with E-state index in [-0.39, 0.29) is 19.1 Å². The lowest BCUT2D eigenvalue weighted by Gasteiger charge is -2.09. The highest BCUT2D eigenvalue weighted by Crippen LogP contribution is 2.27. The summed E-state index contributed by atoms with van der Waals surface area (Å²) in [7, 11) is 0. The van der Waals surface area contributed by atoms with E-state index in [0.29, 0.717) is 17.1 Å². The number of carbonyl (C=O) groups is 2. The molecular formula is C19H18N2O4S2. The second kappa shape index (κ2) is 9.38. The fourth-order valence-electron chi connectivity index (χ4n) is 2.24. The molecule has 8 heteroatoms. The number of thioether (sulfide) groups is 1. The molecule has 0 atom stereocenters. The van der Waals surface area contributed by atoms with Gasteiger partial charge in [0.1, 0.15) is 10.1 Å². The summed E-state index contributed by atoms with van der Waals surface area (Å²) >= 11 is 3.14. The fourth-order valence-corrected chi connectivity index (χ4v) is 4.10. The number of nitrogens with one attached hydrogen (secondary N) is 1. The minimum absolute atomic E-state index is 0.254. The number of ether oxygens (including phenoxy) is 1. The van der Waals surface area contributed by atoms with Gasteiger partial charge >= 0.3 is 5.97 Å². The molecule has 0 aliphatic rings. The van der Waals surface area contributed by atoms with Crippen molar-refractivity contribution in [3.8, 4) is 0 Å². The summed E-state index contributed by atoms with van der Waals surface area (Å²) in [6.07, 6.45) is 1.53. The summed E-state index contributed by atoms with van der Waals surface area (Å²) < 4.78 is 11.2. The van der Waals surface area contributed by atoms with Gasteiger partial charge in [-0.1, -0.05) is 30.0 Å². The molecule has 0 bridgehead atoms. The van der Waals surface area contributed by atoms with Crippen molar-refractivity contribution in [2.75, 3.05) is 6.61 Å². The maximum atomic E-state index is 12.4. The molecule has 0 spiro atoms. The molecule has 0 unspecified atom stereocenters. The van der Waals surface area contributed by atoms with E-state index < -0.39 is 5.97 Å². The van der Waals surface area contributed by atoms with E-state index in [2.05, 4.69) is 10.3 Å². The summed E-state index contributed by atoms with van der Waals surface area (Å²) in [5, 5.41) is 4.62. The number of nitrogens with zero attached hydrogens (tertiary/aromatic N) is 1. The van der Waals surface area contributed by atoms with Gasteiger partial charge in [-0.05, 0) is 30.7 Å². The van der Waals surface area contributed by atoms with Crippen LogP contribution in [0.5, 0.6) is 0 Å². The predicted molar refractivity (Wildman–Crippen MR) is 104 cm³/mol. The highest BCUT2D eigenvalue weighted by molar-refractivity contribution is 8.00. The van der Waals surface area contributed by atoms with Crippen LogP contribution >= 0.6 is 23.1 Å². The first kappa shape index (κ1) is 19.2. The number of furan rings is 1. The predicted octanol–water partition coefficient (Wildman–Crippen LogP) is 3.81. The van der Waals surface area contributed by atoms with Gasteiger partial charge in [0, 0.05) is 16.8 Å². The molecule has 0 aliphatic heterocycles. The quantitative estimate of drug-likeness (QED) is 0.456. The Hall–Kier alpha value is -2.58. The average molecular weight is 402 g/mol. The van der Waals surface area contributed by atoms with Gasteiger partial charge in [-0.2, -0.15) is 0 Å². The van der Waals surface area contributed by atoms with Gasteiger partial charge in [-0.3, -0.25) is 4.79 Å². The number of rotatable bonds is 8. The Balaban J connectivity index is 1.52. The van der Waals surface area contributed by atoms with E-state index in [1.807, 2.05) is 24.4 Å². The molecule has 0 saturated heterocycles. The van der Waals surface area contributed by atoms with Crippen LogP contribution in [0.4, 0.5) is 0 Å². The maximum Gasteiger partial charge on any atom is 0.338 e. The van der Waals surface area contributed by atoms with Crippen LogP contribution in [0.1, 0.15) is 27.4 Å². The Kier molecular flexibility index (Phi) is 6.67. The van der Waals surface area contributed by atoms with Crippen molar-refractivity contribution in [1.82, 2.24) is 10.3 Å². The number of thiazole rings is 1. The van der Waals surface area contributed by atoms with Crippen molar-refractivity contribution in [3.63, 3.8) is 0 Å². The zero-order valence-electron chi connectivity index (χ0n) is 14.6. The second-order valence-corrected chi connectivity index (χ2v) is 7.71. The van der Waals surface area contributed by atoms with Crippen LogP contribution in [-0.2, 0) is 21.8 Å². The van der Waals surface area contributed by atoms with Crippen molar-refractivity contribution in [1.29, 1.82) is 0 Å². The third-order valence-corrected chi connectivity index (χ3v) is 5.75. The lowest BCUT2D eigenvalue weighted by molar-refractivity contribution is -0.124. The summed E-state index contributed by atoms with van der Waals surface area (Å²) in [6.45, 7) is 1.86. The molecule has 6 nitrogen and oxygen atoms in total. The standard InChI is InChI=1S/C19H18N2O4S2/c1-13-11-26-19(21-13)27-12-14-5-2-3-7-16(14)18(23)25-10-17(22)20-9-15-6-4-8-24-15/h2-8,11H,9-10,12H2,1H3,(H,20,22). The van der Waals surface area contributed by atoms with Crippen molar-refractivity contribution >= 4 is 35.0 Å². The molecule has 2 aromatic heterocycles. The molecule has 2 heterocycles. The molecule has 0 radical (unpaired) electrons. The third-order valence-electron chi connectivity index (χ3n) is 3.56. The van der Waals surface area contributed by atoms with Gasteiger partial charge in [-0.25, -0.2) is 9.78 Å². The van der Waals surface area contributed by atoms with E-state index in [0.717, 1.165) is 15.6 Å². The van der Waals surface area contributed by atoms with E-state index >= 15 is 0 Å². The molecule has 3 rings (SSSR count). The molecule has 1 amide bonds. The minimum atomic E-state index is -0.519. The lowest BCUT2D eigenvalue weighted by Crippen LogP contribution is -2.28. The van der Waals surface area contributed by atoms with Crippen LogP contribution < -0.4 is 5.32 Å². The molecular weight excluding hydrogens is 384 g/mol. The van der Waals surface area contributed by atoms with Crippen LogP contribution in [0.25, 0.3) is 0 Å². The van der Waals surface area contributed by atoms with Crippen molar-refractivity contribution in [2.24, 2.45) is 0 Å². The van der Waals surface area contributed by atoms with E-state index in [9.17, 15) is 9.59 Å². The molecule has 27 heavy (non-hydrogen) atoms. The third kappa shape index (κ3) is 5.70. The normalized spacial score (nSPS) is 10.6. The molecule has 1 aromatic carbocycles. The maximum absolute atomic E-state index is 12.4. The fraction of sp³-hybridized carbons (Fsp3) is 0.211. The smallest absolute Gasteiger partial charge is 0.338 e. The van der Waals surface area contributed by atoms with Gasteiger partial charge in [0.05, 0.1) is 18.4 Å². The van der Waals surface area contributed by atoms with Crippen LogP contribution in [0.3, 0.4) is 0 Å². The summed E-state index contributed by atoms with van der Waals surface area (Å²) in [5.74, 6) is 0.331. The zero-order valence-corrected chi connectivity index (χ0v) is 16.3. The van der Waals surface area contributed by atoms with Crippen molar-refractivity contribution in [2.45, 2.75) is 23.6 Å². The minimum Gasteiger partial charge on any atom is -0.467 e. The number of carbonyl (C=O) groups excluding carboxylic acids is 2. The topological polar surface area (TPSA) is 81.4 Å². The Morgan fingerprint density at radius 3 is 2.85 bits per heavy atom. The Labute approximate surface area is 164 Å². The lowest BCUT2D eigenvalue weighted by atomic mass is 10.1. The molecule has 3 aromatic rings. The first-order valence-corrected chi connectivity index (χ1v) is 10.1. The molecule has 0 aliphatic carbocycles. The number of hydrogen-bond acceptors (Lipinski definition) is 7. The van der Waals surface area contributed by atoms with Gasteiger partial charge in [0.15, 0.2) is 6.61 Å². The number of benzene rings is 1. The van der Waals surface area contributed by atoms with Gasteiger partial charge in [-0.15, -0.1) is 11.3 Å². The number of amides is 1. The van der Waals surface area contributed by atoms with E-state index in [1.165, 1.54) is 6.26 Å². The molecule has 140 valence electrons. The molecule has 0 fully saturated rings. The second-order valence-electron chi connectivity index (χ2n) is 5.63. The first-order chi connectivity index (χ1) is 13.1. The van der Waals surface area contributed by atoms with Crippen LogP contribution in [-0.4, -0.2) is 23.5 Å². The largest absolute Gasteiger partial charge is 0.467 e. The number of aryl methyl sites for hydroxylation is 1. The number of aromatic nitrogens is 1. The van der Waals surface area contributed by atoms with E-state index in [1.54, 1.807) is 47.4 Å². The average Bonchev–Trinajstić information content (AvgIpc) is 3.34. The molecule has 1 N–H and O–H groups in total. The zero-order chi connectivity index (χ0) is 19.1. The monoisotopic (exact) mass is 402 g/mol. The van der Waals surface area contributed by atoms with Gasteiger partial charge in [0.25, 0.3) is 5.91 Å². The van der Waals surface area contributed by atoms with Gasteiger partial charge < -0.3 is 14.5 Å². The summed E-state index contributed by atoms with van der Waals surface area (Å²) in [5.41, 5.74) is 2.28. The Morgan fingerprint density at radius 1 is 1.26 bits per heavy atom. The van der Waals surface area contributed by atoms with Gasteiger partial charge in [0.2, 0.25) is 0 Å². The van der Waals surface area contributed by atoms with E-state index in [4.69, 9.17) is 9.15 Å². The van der Waals surface area contributed by atoms with Crippen LogP contribution in [0.2, 0.25) is 0 Å². The molecule has 0 saturated carbocycles. The highest BCUT2D eigenvalue weighted by Gasteiger charge is 2.15. The number of esters is 1. The SMILES string of the molecule is Cc1csc(SCc2ccccc2C(=O)OCC(=O)NCc2ccco2)n1. The Bertz CT molecular complexity index is 906. The van der Waals surface area contributed by atoms with Crippen LogP contribution in [0, 0.1) is 6.92 Å². The highest BCUT2D eigenvalue weighted by atomic mass is 32.2. The Morgan fingerprint density at radius 2 is 2.11 bits per heavy atom. The summed E-state index contributed by atoms with van der Waals surface area (Å²) in [6, 6.07) is 10.7. The first-order valence-electron chi connectivity index (χ1n) is 8.21. The van der Waals surface area contributed by atoms with Crippen molar-refractivity contribution in [3.05, 3.63) is 70.6 Å². The summed E-state index contributed by atoms with van der Waals surface area (Å²) in [4.78, 5) is 28.6. The van der Waals surface area contributed by atoms with Crippen molar-refractivity contribution < 1.29 is 18.7 Å².